The van der Waals surface area contributed by atoms with Crippen LogP contribution in [0.5, 0.6) is 5.75 Å². The predicted octanol–water partition coefficient (Wildman–Crippen LogP) is 4.03. The highest BCUT2D eigenvalue weighted by molar-refractivity contribution is 5.91. The SMILES string of the molecule is Cc1[nH][nH]c(=O)c1C(c1cccc(OC(=O)c2ccc(C(C)(C)C)cc2)c1)c1c(C)[nH][nH]c1=O. The Kier molecular flexibility index (Phi) is 5.91. The van der Waals surface area contributed by atoms with Crippen molar-refractivity contribution in [3.8, 4) is 5.75 Å². The second-order valence-electron chi connectivity index (χ2n) is 9.46. The van der Waals surface area contributed by atoms with Crippen LogP contribution in [0.15, 0.2) is 58.1 Å². The summed E-state index contributed by atoms with van der Waals surface area (Å²) >= 11 is 0. The Morgan fingerprint density at radius 3 is 1.85 bits per heavy atom. The molecule has 0 saturated heterocycles. The zero-order valence-electron chi connectivity index (χ0n) is 19.8. The van der Waals surface area contributed by atoms with E-state index in [0.717, 1.165) is 5.56 Å². The van der Waals surface area contributed by atoms with Crippen LogP contribution in [0.3, 0.4) is 0 Å². The number of aryl methyl sites for hydroxylation is 2. The molecule has 4 aromatic rings. The predicted molar refractivity (Wildman–Crippen MR) is 130 cm³/mol. The summed E-state index contributed by atoms with van der Waals surface area (Å²) in [7, 11) is 0. The molecule has 0 fully saturated rings. The molecule has 0 spiro atoms. The van der Waals surface area contributed by atoms with Crippen molar-refractivity contribution in [3.05, 3.63) is 108 Å². The first-order chi connectivity index (χ1) is 16.1. The second-order valence-corrected chi connectivity index (χ2v) is 9.46. The highest BCUT2D eigenvalue weighted by Crippen LogP contribution is 2.33. The zero-order valence-corrected chi connectivity index (χ0v) is 19.8. The number of aromatic nitrogens is 4. The molecular weight excluding hydrogens is 432 g/mol. The van der Waals surface area contributed by atoms with Crippen LogP contribution in [-0.2, 0) is 5.41 Å². The van der Waals surface area contributed by atoms with Crippen molar-refractivity contribution in [2.75, 3.05) is 0 Å². The van der Waals surface area contributed by atoms with Gasteiger partial charge < -0.3 is 14.9 Å². The van der Waals surface area contributed by atoms with E-state index in [0.29, 0.717) is 39.4 Å². The van der Waals surface area contributed by atoms with Gasteiger partial charge in [0.15, 0.2) is 0 Å². The molecule has 176 valence electrons. The van der Waals surface area contributed by atoms with Crippen molar-refractivity contribution in [2.45, 2.75) is 46.0 Å². The molecule has 0 saturated carbocycles. The quantitative estimate of drug-likeness (QED) is 0.265. The van der Waals surface area contributed by atoms with Gasteiger partial charge in [-0.05, 0) is 54.7 Å². The first-order valence-corrected chi connectivity index (χ1v) is 11.0. The Morgan fingerprint density at radius 2 is 1.38 bits per heavy atom. The third-order valence-electron chi connectivity index (χ3n) is 5.99. The molecule has 0 unspecified atom stereocenters. The minimum absolute atomic E-state index is 0.0197. The highest BCUT2D eigenvalue weighted by atomic mass is 16.5. The molecule has 34 heavy (non-hydrogen) atoms. The van der Waals surface area contributed by atoms with Crippen LogP contribution in [-0.4, -0.2) is 26.4 Å². The molecule has 2 aromatic heterocycles. The zero-order chi connectivity index (χ0) is 24.6. The van der Waals surface area contributed by atoms with E-state index in [1.165, 1.54) is 0 Å². The molecule has 8 heteroatoms. The lowest BCUT2D eigenvalue weighted by Gasteiger charge is -2.19. The number of rotatable bonds is 5. The van der Waals surface area contributed by atoms with Gasteiger partial charge >= 0.3 is 5.97 Å². The highest BCUT2D eigenvalue weighted by Gasteiger charge is 2.28. The van der Waals surface area contributed by atoms with E-state index >= 15 is 0 Å². The number of carbonyl (C=O) groups excluding carboxylic acids is 1. The average Bonchev–Trinajstić information content (AvgIpc) is 3.30. The van der Waals surface area contributed by atoms with Crippen molar-refractivity contribution in [2.24, 2.45) is 0 Å². The van der Waals surface area contributed by atoms with Crippen LogP contribution >= 0.6 is 0 Å². The van der Waals surface area contributed by atoms with Gasteiger partial charge in [-0.2, -0.15) is 0 Å². The summed E-state index contributed by atoms with van der Waals surface area (Å²) < 4.78 is 5.65. The van der Waals surface area contributed by atoms with Crippen molar-refractivity contribution < 1.29 is 9.53 Å². The van der Waals surface area contributed by atoms with Crippen LogP contribution < -0.4 is 15.9 Å². The molecule has 8 nitrogen and oxygen atoms in total. The maximum atomic E-state index is 12.8. The van der Waals surface area contributed by atoms with E-state index in [-0.39, 0.29) is 16.5 Å². The summed E-state index contributed by atoms with van der Waals surface area (Å²) in [5, 5.41) is 10.8. The summed E-state index contributed by atoms with van der Waals surface area (Å²) in [6.45, 7) is 9.85. The molecule has 2 aromatic carbocycles. The molecule has 0 radical (unpaired) electrons. The Labute approximate surface area is 196 Å². The Morgan fingerprint density at radius 1 is 0.824 bits per heavy atom. The fourth-order valence-corrected chi connectivity index (χ4v) is 4.11. The summed E-state index contributed by atoms with van der Waals surface area (Å²) in [6, 6.07) is 14.2. The molecule has 0 bridgehead atoms. The molecule has 4 rings (SSSR count). The van der Waals surface area contributed by atoms with Crippen LogP contribution in [0.2, 0.25) is 0 Å². The molecule has 4 N–H and O–H groups in total. The molecule has 0 aliphatic rings. The summed E-state index contributed by atoms with van der Waals surface area (Å²) in [5.74, 6) is -0.822. The Hall–Kier alpha value is -4.07. The molecule has 0 amide bonds. The van der Waals surface area contributed by atoms with Gasteiger partial charge in [0.1, 0.15) is 5.75 Å². The summed E-state index contributed by atoms with van der Waals surface area (Å²) in [5.41, 5.74) is 3.65. The van der Waals surface area contributed by atoms with E-state index < -0.39 is 11.9 Å². The largest absolute Gasteiger partial charge is 0.423 e. The third kappa shape index (κ3) is 4.39. The van der Waals surface area contributed by atoms with Gasteiger partial charge in [0.25, 0.3) is 11.1 Å². The number of ether oxygens (including phenoxy) is 1. The molecule has 0 atom stereocenters. The van der Waals surface area contributed by atoms with Gasteiger partial charge in [0, 0.05) is 17.3 Å². The van der Waals surface area contributed by atoms with E-state index in [2.05, 4.69) is 41.2 Å². The molecule has 0 aliphatic carbocycles. The van der Waals surface area contributed by atoms with Crippen molar-refractivity contribution in [1.29, 1.82) is 0 Å². The maximum Gasteiger partial charge on any atom is 0.343 e. The third-order valence-corrected chi connectivity index (χ3v) is 5.99. The number of aromatic amines is 4. The van der Waals surface area contributed by atoms with Gasteiger partial charge in [-0.25, -0.2) is 4.79 Å². The smallest absolute Gasteiger partial charge is 0.343 e. The lowest BCUT2D eigenvalue weighted by Crippen LogP contribution is -2.20. The standard InChI is InChI=1S/C26H28N4O4/c1-14-20(23(31)29-27-14)22(21-15(2)28-30-24(21)32)17-7-6-8-19(13-17)34-25(33)16-9-11-18(12-10-16)26(3,4)5/h6-13,22H,1-5H3,(H2,27,29,31)(H2,28,30,32). The van der Waals surface area contributed by atoms with Gasteiger partial charge in [-0.15, -0.1) is 0 Å². The number of benzene rings is 2. The van der Waals surface area contributed by atoms with E-state index in [4.69, 9.17) is 4.74 Å². The number of H-pyrrole nitrogens is 4. The van der Waals surface area contributed by atoms with Crippen LogP contribution in [0.1, 0.15) is 70.7 Å². The number of hydrogen-bond acceptors (Lipinski definition) is 4. The lowest BCUT2D eigenvalue weighted by molar-refractivity contribution is 0.0734. The Bertz CT molecular complexity index is 1390. The van der Waals surface area contributed by atoms with Crippen LogP contribution in [0, 0.1) is 13.8 Å². The van der Waals surface area contributed by atoms with Gasteiger partial charge in [0.05, 0.1) is 16.7 Å². The second kappa shape index (κ2) is 8.70. The Balaban J connectivity index is 1.70. The fourth-order valence-electron chi connectivity index (χ4n) is 4.11. The first-order valence-electron chi connectivity index (χ1n) is 11.0. The first kappa shape index (κ1) is 23.1. The number of esters is 1. The molecule has 2 heterocycles. The topological polar surface area (TPSA) is 124 Å². The number of carbonyl (C=O) groups is 1. The lowest BCUT2D eigenvalue weighted by atomic mass is 9.85. The normalized spacial score (nSPS) is 11.7. The minimum Gasteiger partial charge on any atom is -0.423 e. The minimum atomic E-state index is -0.658. The van der Waals surface area contributed by atoms with E-state index in [1.807, 2.05) is 12.1 Å². The van der Waals surface area contributed by atoms with Crippen molar-refractivity contribution >= 4 is 5.97 Å². The monoisotopic (exact) mass is 460 g/mol. The fraction of sp³-hybridized carbons (Fsp3) is 0.269. The van der Waals surface area contributed by atoms with E-state index in [1.54, 1.807) is 50.2 Å². The van der Waals surface area contributed by atoms with E-state index in [9.17, 15) is 14.4 Å². The summed E-state index contributed by atoms with van der Waals surface area (Å²) in [6.07, 6.45) is 0. The maximum absolute atomic E-state index is 12.8. The number of hydrogen-bond donors (Lipinski definition) is 4. The number of nitrogens with one attached hydrogen (secondary N) is 4. The van der Waals surface area contributed by atoms with Gasteiger partial charge in [0.2, 0.25) is 0 Å². The van der Waals surface area contributed by atoms with Crippen molar-refractivity contribution in [3.63, 3.8) is 0 Å². The van der Waals surface area contributed by atoms with Gasteiger partial charge in [-0.1, -0.05) is 45.0 Å². The average molecular weight is 461 g/mol. The van der Waals surface area contributed by atoms with Crippen LogP contribution in [0.4, 0.5) is 0 Å². The summed E-state index contributed by atoms with van der Waals surface area (Å²) in [4.78, 5) is 38.0. The molecular formula is C26H28N4O4. The van der Waals surface area contributed by atoms with Gasteiger partial charge in [-0.3, -0.25) is 19.8 Å². The van der Waals surface area contributed by atoms with Crippen molar-refractivity contribution in [1.82, 2.24) is 20.4 Å². The molecule has 0 aliphatic heterocycles. The van der Waals surface area contributed by atoms with Crippen LogP contribution in [0.25, 0.3) is 0 Å².